The maximum atomic E-state index is 5.91. The van der Waals surface area contributed by atoms with Crippen LogP contribution in [0.1, 0.15) is 91.2 Å². The molecule has 0 aliphatic heterocycles. The summed E-state index contributed by atoms with van der Waals surface area (Å²) in [5, 5.41) is 0. The normalized spacial score (nSPS) is 20.1. The van der Waals surface area contributed by atoms with Gasteiger partial charge in [0.1, 0.15) is 11.5 Å². The van der Waals surface area contributed by atoms with Gasteiger partial charge in [-0.1, -0.05) is 52.0 Å². The minimum atomic E-state index is -0.216. The van der Waals surface area contributed by atoms with Crippen LogP contribution in [0.25, 0.3) is 0 Å². The van der Waals surface area contributed by atoms with Crippen LogP contribution in [0.5, 0.6) is 11.5 Å². The molecule has 2 atom stereocenters. The third kappa shape index (κ3) is 8.52. The molecule has 0 saturated heterocycles. The molecule has 2 aromatic rings. The average molecular weight is 497 g/mol. The smallest absolute Gasteiger partial charge is 0.196 e. The molecule has 0 heterocycles. The first-order valence-corrected chi connectivity index (χ1v) is 14.1. The van der Waals surface area contributed by atoms with Gasteiger partial charge in [-0.3, -0.25) is 0 Å². The topological polar surface area (TPSA) is 36.9 Å². The summed E-state index contributed by atoms with van der Waals surface area (Å²) >= 11 is 0. The lowest BCUT2D eigenvalue weighted by molar-refractivity contribution is -0.0666. The molecule has 1 saturated carbocycles. The summed E-state index contributed by atoms with van der Waals surface area (Å²) < 4.78 is 23.0. The molecule has 4 nitrogen and oxygen atoms in total. The first-order valence-electron chi connectivity index (χ1n) is 14.1. The van der Waals surface area contributed by atoms with Gasteiger partial charge in [0.2, 0.25) is 0 Å². The lowest BCUT2D eigenvalue weighted by Gasteiger charge is -2.40. The second-order valence-electron chi connectivity index (χ2n) is 10.9. The molecule has 2 unspecified atom stereocenters. The minimum Gasteiger partial charge on any atom is -0.465 e. The van der Waals surface area contributed by atoms with E-state index >= 15 is 0 Å². The van der Waals surface area contributed by atoms with Gasteiger partial charge in [-0.2, -0.15) is 0 Å². The number of hydrogen-bond acceptors (Lipinski definition) is 4. The SMILES string of the molecule is CCCOC(C)Oc1ccc(CC2CCC(C(C)(C)c3ccc(OC(C)OCCC)cc3)CC2)cc1. The summed E-state index contributed by atoms with van der Waals surface area (Å²) in [6.07, 6.45) is 7.88. The fraction of sp³-hybridized carbons (Fsp3) is 0.625. The van der Waals surface area contributed by atoms with Crippen molar-refractivity contribution in [2.75, 3.05) is 13.2 Å². The number of benzene rings is 2. The van der Waals surface area contributed by atoms with Crippen LogP contribution >= 0.6 is 0 Å². The van der Waals surface area contributed by atoms with Crippen LogP contribution < -0.4 is 9.47 Å². The summed E-state index contributed by atoms with van der Waals surface area (Å²) in [5.41, 5.74) is 2.96. The Morgan fingerprint density at radius 2 is 1.19 bits per heavy atom. The zero-order chi connectivity index (χ0) is 26.0. The Morgan fingerprint density at radius 1 is 0.722 bits per heavy atom. The van der Waals surface area contributed by atoms with Gasteiger partial charge >= 0.3 is 0 Å². The molecule has 0 N–H and O–H groups in total. The highest BCUT2D eigenvalue weighted by Crippen LogP contribution is 2.43. The second-order valence-corrected chi connectivity index (χ2v) is 10.9. The van der Waals surface area contributed by atoms with E-state index in [1.54, 1.807) is 0 Å². The van der Waals surface area contributed by atoms with E-state index < -0.39 is 0 Å². The quantitative estimate of drug-likeness (QED) is 0.246. The Kier molecular flexibility index (Phi) is 11.1. The van der Waals surface area contributed by atoms with Crippen LogP contribution in [-0.2, 0) is 21.3 Å². The van der Waals surface area contributed by atoms with Crippen LogP contribution in [0.2, 0.25) is 0 Å². The van der Waals surface area contributed by atoms with E-state index in [0.29, 0.717) is 5.92 Å². The van der Waals surface area contributed by atoms with Crippen LogP contribution in [-0.4, -0.2) is 25.8 Å². The van der Waals surface area contributed by atoms with E-state index in [0.717, 1.165) is 49.9 Å². The Labute approximate surface area is 219 Å². The molecule has 0 aromatic heterocycles. The van der Waals surface area contributed by atoms with Crippen LogP contribution in [0, 0.1) is 11.8 Å². The van der Waals surface area contributed by atoms with Gasteiger partial charge in [0.25, 0.3) is 0 Å². The van der Waals surface area contributed by atoms with Crippen molar-refractivity contribution < 1.29 is 18.9 Å². The molecule has 1 aliphatic carbocycles. The molecule has 2 aromatic carbocycles. The van der Waals surface area contributed by atoms with Crippen molar-refractivity contribution in [1.82, 2.24) is 0 Å². The monoisotopic (exact) mass is 496 g/mol. The molecule has 0 spiro atoms. The maximum absolute atomic E-state index is 5.91. The molecule has 0 radical (unpaired) electrons. The standard InChI is InChI=1S/C32H48O4/c1-7-21-33-24(3)35-30-17-11-27(12-18-30)23-26-9-13-28(14-10-26)32(5,6)29-15-19-31(20-16-29)36-25(4)34-22-8-2/h11-12,15-20,24-26,28H,7-10,13-14,21-23H2,1-6H3. The first-order chi connectivity index (χ1) is 17.3. The maximum Gasteiger partial charge on any atom is 0.196 e. The van der Waals surface area contributed by atoms with Gasteiger partial charge in [-0.15, -0.1) is 0 Å². The second kappa shape index (κ2) is 14.0. The van der Waals surface area contributed by atoms with Crippen molar-refractivity contribution in [3.8, 4) is 11.5 Å². The third-order valence-corrected chi connectivity index (χ3v) is 7.63. The van der Waals surface area contributed by atoms with Crippen molar-refractivity contribution in [2.24, 2.45) is 11.8 Å². The zero-order valence-electron chi connectivity index (χ0n) is 23.4. The third-order valence-electron chi connectivity index (χ3n) is 7.63. The van der Waals surface area contributed by atoms with E-state index in [1.165, 1.54) is 36.8 Å². The lowest BCUT2D eigenvalue weighted by Crippen LogP contribution is -2.32. The van der Waals surface area contributed by atoms with Gasteiger partial charge in [-0.05, 0) is 111 Å². The minimum absolute atomic E-state index is 0.156. The van der Waals surface area contributed by atoms with E-state index in [2.05, 4.69) is 76.2 Å². The summed E-state index contributed by atoms with van der Waals surface area (Å²) in [6.45, 7) is 14.4. The number of hydrogen-bond donors (Lipinski definition) is 0. The van der Waals surface area contributed by atoms with Crippen LogP contribution in [0.15, 0.2) is 48.5 Å². The molecule has 0 bridgehead atoms. The summed E-state index contributed by atoms with van der Waals surface area (Å²) in [6, 6.07) is 17.3. The summed E-state index contributed by atoms with van der Waals surface area (Å²) in [5.74, 6) is 3.22. The summed E-state index contributed by atoms with van der Waals surface area (Å²) in [4.78, 5) is 0. The Balaban J connectivity index is 1.47. The van der Waals surface area contributed by atoms with E-state index in [9.17, 15) is 0 Å². The zero-order valence-corrected chi connectivity index (χ0v) is 23.4. The Hall–Kier alpha value is -2.04. The van der Waals surface area contributed by atoms with Crippen molar-refractivity contribution >= 4 is 0 Å². The Bertz CT molecular complexity index is 866. The van der Waals surface area contributed by atoms with Crippen molar-refractivity contribution in [3.05, 3.63) is 59.7 Å². The van der Waals surface area contributed by atoms with Crippen molar-refractivity contribution in [1.29, 1.82) is 0 Å². The van der Waals surface area contributed by atoms with Gasteiger partial charge in [-0.25, -0.2) is 0 Å². The van der Waals surface area contributed by atoms with Gasteiger partial charge < -0.3 is 18.9 Å². The molecule has 36 heavy (non-hydrogen) atoms. The van der Waals surface area contributed by atoms with Gasteiger partial charge in [0.15, 0.2) is 12.6 Å². The van der Waals surface area contributed by atoms with E-state index in [1.807, 2.05) is 13.8 Å². The summed E-state index contributed by atoms with van der Waals surface area (Å²) in [7, 11) is 0. The molecule has 3 rings (SSSR count). The largest absolute Gasteiger partial charge is 0.465 e. The molecular weight excluding hydrogens is 448 g/mol. The Morgan fingerprint density at radius 3 is 1.67 bits per heavy atom. The molecule has 200 valence electrons. The molecule has 0 amide bonds. The van der Waals surface area contributed by atoms with Crippen LogP contribution in [0.4, 0.5) is 0 Å². The predicted octanol–water partition coefficient (Wildman–Crippen LogP) is 8.32. The number of rotatable bonds is 14. The van der Waals surface area contributed by atoms with Gasteiger partial charge in [0, 0.05) is 0 Å². The van der Waals surface area contributed by atoms with Crippen molar-refractivity contribution in [3.63, 3.8) is 0 Å². The molecule has 1 aliphatic rings. The fourth-order valence-electron chi connectivity index (χ4n) is 5.34. The molecule has 4 heteroatoms. The first kappa shape index (κ1) is 28.5. The van der Waals surface area contributed by atoms with Gasteiger partial charge in [0.05, 0.1) is 13.2 Å². The van der Waals surface area contributed by atoms with Crippen LogP contribution in [0.3, 0.4) is 0 Å². The highest BCUT2D eigenvalue weighted by atomic mass is 16.7. The van der Waals surface area contributed by atoms with E-state index in [4.69, 9.17) is 18.9 Å². The predicted molar refractivity (Wildman–Crippen MR) is 148 cm³/mol. The van der Waals surface area contributed by atoms with Crippen molar-refractivity contribution in [2.45, 2.75) is 104 Å². The highest BCUT2D eigenvalue weighted by Gasteiger charge is 2.34. The lowest BCUT2D eigenvalue weighted by atomic mass is 9.65. The molecule has 1 fully saturated rings. The fourth-order valence-corrected chi connectivity index (χ4v) is 5.34. The average Bonchev–Trinajstić information content (AvgIpc) is 2.88. The highest BCUT2D eigenvalue weighted by molar-refractivity contribution is 5.32. The molecular formula is C32H48O4. The van der Waals surface area contributed by atoms with E-state index in [-0.39, 0.29) is 18.0 Å². The number of ether oxygens (including phenoxy) is 4.